The van der Waals surface area contributed by atoms with Crippen molar-refractivity contribution in [3.8, 4) is 5.75 Å². The maximum Gasteiger partial charge on any atom is 0.164 e. The molecule has 25 heavy (non-hydrogen) atoms. The standard InChI is InChI=1S/C20H26N4O/c1-5-10-21-19-18(14(3)6-2)20(24-13-23-19)22-11-9-16-7-8-17(25)15(4)12-16/h6-8,10,12-13,25H,5,9,11H2,1-4H3,(H,22,23,24). The molecule has 0 amide bonds. The van der Waals surface area contributed by atoms with Crippen LogP contribution in [-0.4, -0.2) is 27.8 Å². The Morgan fingerprint density at radius 2 is 2.12 bits per heavy atom. The van der Waals surface area contributed by atoms with Crippen LogP contribution in [-0.2, 0) is 6.42 Å². The maximum atomic E-state index is 9.62. The second kappa shape index (κ2) is 8.97. The molecule has 5 nitrogen and oxygen atoms in total. The van der Waals surface area contributed by atoms with E-state index in [4.69, 9.17) is 0 Å². The van der Waals surface area contributed by atoms with Gasteiger partial charge in [0.05, 0.1) is 5.56 Å². The fourth-order valence-corrected chi connectivity index (χ4v) is 2.49. The van der Waals surface area contributed by atoms with Crippen LogP contribution in [0.5, 0.6) is 5.75 Å². The molecule has 2 aromatic rings. The number of nitrogens with zero attached hydrogens (tertiary/aromatic N) is 3. The molecule has 1 heterocycles. The van der Waals surface area contributed by atoms with Crippen LogP contribution in [0.1, 0.15) is 43.9 Å². The van der Waals surface area contributed by atoms with E-state index in [1.54, 1.807) is 12.4 Å². The lowest BCUT2D eigenvalue weighted by Crippen LogP contribution is -2.09. The van der Waals surface area contributed by atoms with Crippen LogP contribution in [0.4, 0.5) is 11.6 Å². The van der Waals surface area contributed by atoms with Crippen LogP contribution < -0.4 is 5.32 Å². The average Bonchev–Trinajstić information content (AvgIpc) is 2.62. The zero-order chi connectivity index (χ0) is 18.2. The third-order valence-corrected chi connectivity index (χ3v) is 4.02. The van der Waals surface area contributed by atoms with Gasteiger partial charge in [0, 0.05) is 12.8 Å². The fourth-order valence-electron chi connectivity index (χ4n) is 2.49. The molecule has 0 spiro atoms. The second-order valence-electron chi connectivity index (χ2n) is 5.91. The Kier molecular flexibility index (Phi) is 6.69. The molecule has 5 heteroatoms. The Hall–Kier alpha value is -2.69. The van der Waals surface area contributed by atoms with Gasteiger partial charge in [-0.25, -0.2) is 15.0 Å². The number of anilines is 1. The Balaban J connectivity index is 2.18. The van der Waals surface area contributed by atoms with Crippen LogP contribution in [0.3, 0.4) is 0 Å². The molecule has 2 rings (SSSR count). The molecular weight excluding hydrogens is 312 g/mol. The van der Waals surface area contributed by atoms with Gasteiger partial charge >= 0.3 is 0 Å². The number of nitrogens with one attached hydrogen (secondary N) is 1. The summed E-state index contributed by atoms with van der Waals surface area (Å²) >= 11 is 0. The number of rotatable bonds is 7. The maximum absolute atomic E-state index is 9.62. The second-order valence-corrected chi connectivity index (χ2v) is 5.91. The SMILES string of the molecule is CC=C(C)c1c(N=CCC)ncnc1NCCc1ccc(O)c(C)c1. The van der Waals surface area contributed by atoms with Gasteiger partial charge in [-0.3, -0.25) is 0 Å². The highest BCUT2D eigenvalue weighted by Crippen LogP contribution is 2.29. The van der Waals surface area contributed by atoms with E-state index in [-0.39, 0.29) is 0 Å². The third-order valence-electron chi connectivity index (χ3n) is 4.02. The monoisotopic (exact) mass is 338 g/mol. The minimum Gasteiger partial charge on any atom is -0.508 e. The van der Waals surface area contributed by atoms with E-state index in [1.807, 2.05) is 52.1 Å². The summed E-state index contributed by atoms with van der Waals surface area (Å²) in [6.45, 7) is 8.73. The summed E-state index contributed by atoms with van der Waals surface area (Å²) in [6.07, 6.45) is 7.14. The smallest absolute Gasteiger partial charge is 0.164 e. The van der Waals surface area contributed by atoms with Gasteiger partial charge in [-0.2, -0.15) is 0 Å². The Labute approximate surface area is 149 Å². The summed E-state index contributed by atoms with van der Waals surface area (Å²) in [5, 5.41) is 13.0. The van der Waals surface area contributed by atoms with Crippen molar-refractivity contribution < 1.29 is 5.11 Å². The van der Waals surface area contributed by atoms with E-state index in [2.05, 4.69) is 20.3 Å². The van der Waals surface area contributed by atoms with Crippen molar-refractivity contribution in [3.05, 3.63) is 47.3 Å². The van der Waals surface area contributed by atoms with E-state index in [1.165, 1.54) is 5.56 Å². The topological polar surface area (TPSA) is 70.4 Å². The van der Waals surface area contributed by atoms with E-state index in [0.717, 1.165) is 41.9 Å². The first kappa shape index (κ1) is 18.6. The molecule has 2 N–H and O–H groups in total. The van der Waals surface area contributed by atoms with Gasteiger partial charge in [-0.1, -0.05) is 25.1 Å². The molecule has 0 aliphatic carbocycles. The van der Waals surface area contributed by atoms with Crippen molar-refractivity contribution in [3.63, 3.8) is 0 Å². The lowest BCUT2D eigenvalue weighted by molar-refractivity contribution is 0.471. The summed E-state index contributed by atoms with van der Waals surface area (Å²) in [5.41, 5.74) is 4.09. The quantitative estimate of drug-likeness (QED) is 0.719. The first-order valence-electron chi connectivity index (χ1n) is 8.60. The van der Waals surface area contributed by atoms with Crippen LogP contribution in [0.25, 0.3) is 5.57 Å². The number of benzene rings is 1. The van der Waals surface area contributed by atoms with Crippen LogP contribution >= 0.6 is 0 Å². The molecule has 0 atom stereocenters. The van der Waals surface area contributed by atoms with Crippen LogP contribution in [0.2, 0.25) is 0 Å². The van der Waals surface area contributed by atoms with Gasteiger partial charge < -0.3 is 10.4 Å². The molecule has 132 valence electrons. The predicted molar refractivity (Wildman–Crippen MR) is 105 cm³/mol. The normalized spacial score (nSPS) is 11.9. The van der Waals surface area contributed by atoms with Crippen molar-refractivity contribution >= 4 is 23.4 Å². The van der Waals surface area contributed by atoms with Gasteiger partial charge in [0.2, 0.25) is 0 Å². The number of hydrogen-bond acceptors (Lipinski definition) is 5. The molecule has 0 aliphatic rings. The van der Waals surface area contributed by atoms with E-state index in [9.17, 15) is 5.11 Å². The zero-order valence-electron chi connectivity index (χ0n) is 15.4. The molecular formula is C20H26N4O. The van der Waals surface area contributed by atoms with Crippen molar-refractivity contribution in [2.45, 2.75) is 40.5 Å². The molecule has 0 fully saturated rings. The molecule has 0 radical (unpaired) electrons. The van der Waals surface area contributed by atoms with Gasteiger partial charge in [-0.05, 0) is 56.4 Å². The summed E-state index contributed by atoms with van der Waals surface area (Å²) in [7, 11) is 0. The van der Waals surface area contributed by atoms with E-state index in [0.29, 0.717) is 11.6 Å². The van der Waals surface area contributed by atoms with Crippen molar-refractivity contribution in [2.24, 2.45) is 4.99 Å². The van der Waals surface area contributed by atoms with Gasteiger partial charge in [-0.15, -0.1) is 0 Å². The highest BCUT2D eigenvalue weighted by molar-refractivity contribution is 5.81. The van der Waals surface area contributed by atoms with Gasteiger partial charge in [0.1, 0.15) is 17.9 Å². The summed E-state index contributed by atoms with van der Waals surface area (Å²) in [4.78, 5) is 13.2. The first-order valence-corrected chi connectivity index (χ1v) is 8.60. The molecule has 0 saturated heterocycles. The van der Waals surface area contributed by atoms with Gasteiger partial charge in [0.25, 0.3) is 0 Å². The number of aliphatic imine (C=N–C) groups is 1. The minimum absolute atomic E-state index is 0.330. The highest BCUT2D eigenvalue weighted by Gasteiger charge is 2.12. The number of aryl methyl sites for hydroxylation is 1. The largest absolute Gasteiger partial charge is 0.508 e. The van der Waals surface area contributed by atoms with E-state index < -0.39 is 0 Å². The summed E-state index contributed by atoms with van der Waals surface area (Å²) in [6, 6.07) is 5.69. The number of hydrogen-bond donors (Lipinski definition) is 2. The zero-order valence-corrected chi connectivity index (χ0v) is 15.4. The molecule has 0 bridgehead atoms. The number of phenols is 1. The Morgan fingerprint density at radius 1 is 1.32 bits per heavy atom. The number of aromatic nitrogens is 2. The number of aromatic hydroxyl groups is 1. The van der Waals surface area contributed by atoms with Crippen molar-refractivity contribution in [1.29, 1.82) is 0 Å². The Bertz CT molecular complexity index is 781. The lowest BCUT2D eigenvalue weighted by atomic mass is 10.1. The lowest BCUT2D eigenvalue weighted by Gasteiger charge is -2.13. The summed E-state index contributed by atoms with van der Waals surface area (Å²) < 4.78 is 0. The fraction of sp³-hybridized carbons (Fsp3) is 0.350. The first-order chi connectivity index (χ1) is 12.1. The highest BCUT2D eigenvalue weighted by atomic mass is 16.3. The molecule has 1 aromatic heterocycles. The Morgan fingerprint density at radius 3 is 2.80 bits per heavy atom. The van der Waals surface area contributed by atoms with Crippen LogP contribution in [0.15, 0.2) is 35.6 Å². The third kappa shape index (κ3) is 4.89. The van der Waals surface area contributed by atoms with Gasteiger partial charge in [0.15, 0.2) is 5.82 Å². The molecule has 0 unspecified atom stereocenters. The number of phenolic OH excluding ortho intramolecular Hbond substituents is 1. The van der Waals surface area contributed by atoms with Crippen molar-refractivity contribution in [1.82, 2.24) is 9.97 Å². The van der Waals surface area contributed by atoms with Crippen molar-refractivity contribution in [2.75, 3.05) is 11.9 Å². The van der Waals surface area contributed by atoms with E-state index >= 15 is 0 Å². The predicted octanol–water partition coefficient (Wildman–Crippen LogP) is 4.68. The summed E-state index contributed by atoms with van der Waals surface area (Å²) in [5.74, 6) is 1.82. The molecule has 0 saturated carbocycles. The minimum atomic E-state index is 0.330. The number of allylic oxidation sites excluding steroid dienone is 2. The average molecular weight is 338 g/mol. The molecule has 1 aromatic carbocycles. The molecule has 0 aliphatic heterocycles. The van der Waals surface area contributed by atoms with Crippen LogP contribution in [0, 0.1) is 6.92 Å².